The van der Waals surface area contributed by atoms with Crippen LogP contribution in [0, 0.1) is 6.92 Å². The van der Waals surface area contributed by atoms with Gasteiger partial charge in [0, 0.05) is 12.4 Å². The predicted octanol–water partition coefficient (Wildman–Crippen LogP) is 4.71. The van der Waals surface area contributed by atoms with Crippen LogP contribution in [0.2, 0.25) is 0 Å². The van der Waals surface area contributed by atoms with Crippen LogP contribution in [0.4, 0.5) is 11.4 Å². The number of carbonyl (C=O) groups excluding carboxylic acids is 1. The summed E-state index contributed by atoms with van der Waals surface area (Å²) < 4.78 is 35.0. The minimum atomic E-state index is -4.14. The molecule has 0 saturated carbocycles. The molecule has 1 aromatic heterocycles. The zero-order chi connectivity index (χ0) is 25.2. The molecule has 0 radical (unpaired) electrons. The second kappa shape index (κ2) is 9.59. The molecule has 0 fully saturated rings. The van der Waals surface area contributed by atoms with Gasteiger partial charge in [-0.3, -0.25) is 9.10 Å². The van der Waals surface area contributed by atoms with Crippen LogP contribution in [0.15, 0.2) is 87.9 Å². The van der Waals surface area contributed by atoms with Crippen LogP contribution in [0.1, 0.15) is 5.56 Å². The number of amides is 1. The highest BCUT2D eigenvalue weighted by Gasteiger charge is 2.29. The number of aromatic hydroxyl groups is 1. The molecular weight excluding hydrogens is 468 g/mol. The summed E-state index contributed by atoms with van der Waals surface area (Å²) >= 11 is 0. The number of azo groups is 1. The zero-order valence-electron chi connectivity index (χ0n) is 19.4. The molecule has 1 N–H and O–H groups in total. The van der Waals surface area contributed by atoms with Crippen molar-refractivity contribution in [2.24, 2.45) is 17.3 Å². The molecule has 180 valence electrons. The molecule has 0 spiro atoms. The summed E-state index contributed by atoms with van der Waals surface area (Å²) in [4.78, 5) is 12.9. The molecule has 9 nitrogen and oxygen atoms in total. The van der Waals surface area contributed by atoms with Crippen LogP contribution < -0.4 is 9.04 Å². The van der Waals surface area contributed by atoms with E-state index >= 15 is 0 Å². The van der Waals surface area contributed by atoms with Crippen LogP contribution in [-0.2, 0) is 21.9 Å². The van der Waals surface area contributed by atoms with E-state index in [1.807, 2.05) is 6.07 Å². The molecule has 0 aliphatic heterocycles. The Balaban J connectivity index is 1.74. The van der Waals surface area contributed by atoms with Gasteiger partial charge in [0.05, 0.1) is 23.2 Å². The average Bonchev–Trinajstić information content (AvgIpc) is 3.11. The molecule has 4 rings (SSSR count). The molecular formula is C25H24N4O5S. The standard InChI is InChI=1S/C25H24N4O5S/c1-17-13-14-22(34-3)21(15-17)29(35(32,33)18-9-5-4-6-10-18)16-23(30)26-27-24-19-11-7-8-12-20(19)28(2)25(24)31/h4-15,31H,16H2,1-3H3. The van der Waals surface area contributed by atoms with Crippen molar-refractivity contribution in [2.75, 3.05) is 18.0 Å². The highest BCUT2D eigenvalue weighted by atomic mass is 32.2. The molecule has 10 heteroatoms. The summed E-state index contributed by atoms with van der Waals surface area (Å²) in [6.45, 7) is 1.19. The van der Waals surface area contributed by atoms with Gasteiger partial charge in [-0.25, -0.2) is 8.42 Å². The fourth-order valence-electron chi connectivity index (χ4n) is 3.73. The van der Waals surface area contributed by atoms with Crippen molar-refractivity contribution in [1.29, 1.82) is 0 Å². The fraction of sp³-hybridized carbons (Fsp3) is 0.160. The van der Waals surface area contributed by atoms with E-state index in [0.29, 0.717) is 10.9 Å². The van der Waals surface area contributed by atoms with E-state index in [4.69, 9.17) is 4.74 Å². The lowest BCUT2D eigenvalue weighted by Crippen LogP contribution is -2.35. The van der Waals surface area contributed by atoms with Crippen LogP contribution in [0.3, 0.4) is 0 Å². The number of anilines is 1. The van der Waals surface area contributed by atoms with Gasteiger partial charge in [-0.05, 0) is 42.8 Å². The number of aryl methyl sites for hydroxylation is 2. The number of sulfonamides is 1. The van der Waals surface area contributed by atoms with Crippen molar-refractivity contribution in [3.05, 3.63) is 78.4 Å². The van der Waals surface area contributed by atoms with Crippen LogP contribution >= 0.6 is 0 Å². The quantitative estimate of drug-likeness (QED) is 0.376. The number of carbonyl (C=O) groups is 1. The van der Waals surface area contributed by atoms with Gasteiger partial charge in [0.1, 0.15) is 12.3 Å². The molecule has 0 saturated heterocycles. The largest absolute Gasteiger partial charge is 0.495 e. The van der Waals surface area contributed by atoms with E-state index in [2.05, 4.69) is 10.2 Å². The summed E-state index contributed by atoms with van der Waals surface area (Å²) in [7, 11) is -1.06. The second-order valence-corrected chi connectivity index (χ2v) is 9.70. The predicted molar refractivity (Wildman–Crippen MR) is 133 cm³/mol. The van der Waals surface area contributed by atoms with Gasteiger partial charge in [-0.2, -0.15) is 0 Å². The van der Waals surface area contributed by atoms with Crippen molar-refractivity contribution < 1.29 is 23.1 Å². The topological polar surface area (TPSA) is 114 Å². The molecule has 0 unspecified atom stereocenters. The highest BCUT2D eigenvalue weighted by molar-refractivity contribution is 7.92. The summed E-state index contributed by atoms with van der Waals surface area (Å²) in [5.74, 6) is -0.691. The van der Waals surface area contributed by atoms with E-state index in [1.165, 1.54) is 23.8 Å². The Morgan fingerprint density at radius 2 is 1.74 bits per heavy atom. The Labute approximate surface area is 203 Å². The molecule has 0 aliphatic rings. The van der Waals surface area contributed by atoms with Crippen molar-refractivity contribution in [3.8, 4) is 11.6 Å². The second-order valence-electron chi connectivity index (χ2n) is 7.84. The first-order valence-electron chi connectivity index (χ1n) is 10.7. The number of hydrogen-bond acceptors (Lipinski definition) is 6. The molecule has 1 amide bonds. The Morgan fingerprint density at radius 1 is 1.06 bits per heavy atom. The van der Waals surface area contributed by atoms with Crippen LogP contribution in [0.25, 0.3) is 10.9 Å². The number of benzene rings is 3. The van der Waals surface area contributed by atoms with Crippen LogP contribution in [0.5, 0.6) is 11.6 Å². The molecule has 35 heavy (non-hydrogen) atoms. The molecule has 0 atom stereocenters. The van der Waals surface area contributed by atoms with E-state index in [-0.39, 0.29) is 27.9 Å². The molecule has 0 aliphatic carbocycles. The average molecular weight is 493 g/mol. The summed E-state index contributed by atoms with van der Waals surface area (Å²) in [5.41, 5.74) is 1.82. The van der Waals surface area contributed by atoms with E-state index in [0.717, 1.165) is 9.87 Å². The Morgan fingerprint density at radius 3 is 2.46 bits per heavy atom. The maximum absolute atomic E-state index is 13.6. The highest BCUT2D eigenvalue weighted by Crippen LogP contribution is 2.38. The summed E-state index contributed by atoms with van der Waals surface area (Å²) in [6.07, 6.45) is 0. The number of aromatic nitrogens is 1. The van der Waals surface area contributed by atoms with Crippen molar-refractivity contribution >= 4 is 38.2 Å². The fourth-order valence-corrected chi connectivity index (χ4v) is 5.17. The van der Waals surface area contributed by atoms with Gasteiger partial charge < -0.3 is 14.4 Å². The number of fused-ring (bicyclic) bond motifs is 1. The minimum Gasteiger partial charge on any atom is -0.495 e. The van der Waals surface area contributed by atoms with Crippen LogP contribution in [-0.4, -0.2) is 37.7 Å². The Hall–Kier alpha value is -4.18. The number of para-hydroxylation sites is 1. The third-order valence-electron chi connectivity index (χ3n) is 5.52. The Kier molecular flexibility index (Phi) is 6.57. The van der Waals surface area contributed by atoms with E-state index in [9.17, 15) is 18.3 Å². The van der Waals surface area contributed by atoms with E-state index < -0.39 is 22.5 Å². The summed E-state index contributed by atoms with van der Waals surface area (Å²) in [6, 6.07) is 20.0. The van der Waals surface area contributed by atoms with Gasteiger partial charge in [0.2, 0.25) is 5.88 Å². The number of methoxy groups -OCH3 is 1. The molecule has 0 bridgehead atoms. The van der Waals surface area contributed by atoms with Gasteiger partial charge in [-0.1, -0.05) is 42.5 Å². The first-order chi connectivity index (χ1) is 16.7. The maximum atomic E-state index is 13.6. The van der Waals surface area contributed by atoms with E-state index in [1.54, 1.807) is 68.6 Å². The number of ether oxygens (including phenoxy) is 1. The normalized spacial score (nSPS) is 11.7. The number of rotatable bonds is 7. The SMILES string of the molecule is COc1ccc(C)cc1N(CC(=O)N=Nc1c(O)n(C)c2ccccc12)S(=O)(=O)c1ccccc1. The monoisotopic (exact) mass is 492 g/mol. The maximum Gasteiger partial charge on any atom is 0.285 e. The van der Waals surface area contributed by atoms with Gasteiger partial charge in [-0.15, -0.1) is 10.2 Å². The zero-order valence-corrected chi connectivity index (χ0v) is 20.2. The molecule has 4 aromatic rings. The summed E-state index contributed by atoms with van der Waals surface area (Å²) in [5, 5.41) is 18.8. The van der Waals surface area contributed by atoms with Gasteiger partial charge >= 0.3 is 0 Å². The third kappa shape index (κ3) is 4.60. The lowest BCUT2D eigenvalue weighted by molar-refractivity contribution is -0.116. The molecule has 1 heterocycles. The molecule has 3 aromatic carbocycles. The first-order valence-corrected chi connectivity index (χ1v) is 12.1. The van der Waals surface area contributed by atoms with Crippen molar-refractivity contribution in [2.45, 2.75) is 11.8 Å². The van der Waals surface area contributed by atoms with Gasteiger partial charge in [0.25, 0.3) is 15.9 Å². The minimum absolute atomic E-state index is 0.0139. The lowest BCUT2D eigenvalue weighted by Gasteiger charge is -2.25. The van der Waals surface area contributed by atoms with Crippen molar-refractivity contribution in [3.63, 3.8) is 0 Å². The first kappa shape index (κ1) is 24.0. The smallest absolute Gasteiger partial charge is 0.285 e. The third-order valence-corrected chi connectivity index (χ3v) is 7.30. The Bertz CT molecular complexity index is 1530. The number of hydrogen-bond donors (Lipinski definition) is 1. The number of nitrogens with zero attached hydrogens (tertiary/aromatic N) is 4. The van der Waals surface area contributed by atoms with Crippen molar-refractivity contribution in [1.82, 2.24) is 4.57 Å². The lowest BCUT2D eigenvalue weighted by atomic mass is 10.2. The van der Waals surface area contributed by atoms with Gasteiger partial charge in [0.15, 0.2) is 5.69 Å².